The van der Waals surface area contributed by atoms with Gasteiger partial charge in [-0.25, -0.2) is 0 Å². The number of hydrogen-bond donors (Lipinski definition) is 1. The standard InChI is InChI=1S/C19H23N/c1-19(2,3)10-11-20-16-8-9-18-15(13-16)12-14-6-4-5-7-17(14)18/h4-9,13,20H,10-12H2,1-3H3. The highest BCUT2D eigenvalue weighted by Gasteiger charge is 2.17. The third-order valence-corrected chi connectivity index (χ3v) is 4.00. The number of fused-ring (bicyclic) bond motifs is 3. The van der Waals surface area contributed by atoms with Gasteiger partial charge in [0.15, 0.2) is 0 Å². The fraction of sp³-hybridized carbons (Fsp3) is 0.368. The first-order valence-electron chi connectivity index (χ1n) is 7.48. The summed E-state index contributed by atoms with van der Waals surface area (Å²) in [6, 6.07) is 15.5. The minimum atomic E-state index is 0.389. The normalized spacial score (nSPS) is 12.9. The zero-order valence-electron chi connectivity index (χ0n) is 12.7. The summed E-state index contributed by atoms with van der Waals surface area (Å²) in [5.74, 6) is 0. The molecule has 1 nitrogen and oxygen atoms in total. The number of hydrogen-bond acceptors (Lipinski definition) is 1. The van der Waals surface area contributed by atoms with E-state index in [4.69, 9.17) is 0 Å². The topological polar surface area (TPSA) is 12.0 Å². The van der Waals surface area contributed by atoms with Crippen LogP contribution in [0.3, 0.4) is 0 Å². The molecule has 0 saturated carbocycles. The molecule has 0 radical (unpaired) electrons. The van der Waals surface area contributed by atoms with Crippen LogP contribution < -0.4 is 5.32 Å². The monoisotopic (exact) mass is 265 g/mol. The van der Waals surface area contributed by atoms with Gasteiger partial charge in [0.25, 0.3) is 0 Å². The van der Waals surface area contributed by atoms with Crippen molar-refractivity contribution in [3.05, 3.63) is 53.6 Å². The van der Waals surface area contributed by atoms with Gasteiger partial charge in [0.05, 0.1) is 0 Å². The first-order valence-corrected chi connectivity index (χ1v) is 7.48. The van der Waals surface area contributed by atoms with E-state index >= 15 is 0 Å². The average molecular weight is 265 g/mol. The van der Waals surface area contributed by atoms with Crippen LogP contribution in [0.15, 0.2) is 42.5 Å². The Morgan fingerprint density at radius 2 is 1.70 bits per heavy atom. The lowest BCUT2D eigenvalue weighted by atomic mass is 9.92. The molecule has 0 saturated heterocycles. The van der Waals surface area contributed by atoms with Crippen LogP contribution in [-0.4, -0.2) is 6.54 Å². The Kier molecular flexibility index (Phi) is 3.29. The largest absolute Gasteiger partial charge is 0.385 e. The summed E-state index contributed by atoms with van der Waals surface area (Å²) < 4.78 is 0. The smallest absolute Gasteiger partial charge is 0.0343 e. The highest BCUT2D eigenvalue weighted by Crippen LogP contribution is 2.37. The molecule has 104 valence electrons. The van der Waals surface area contributed by atoms with Crippen molar-refractivity contribution in [2.75, 3.05) is 11.9 Å². The molecule has 2 aromatic carbocycles. The molecule has 0 atom stereocenters. The molecule has 20 heavy (non-hydrogen) atoms. The van der Waals surface area contributed by atoms with Gasteiger partial charge >= 0.3 is 0 Å². The van der Waals surface area contributed by atoms with E-state index in [9.17, 15) is 0 Å². The highest BCUT2D eigenvalue weighted by atomic mass is 14.9. The van der Waals surface area contributed by atoms with E-state index in [-0.39, 0.29) is 0 Å². The van der Waals surface area contributed by atoms with Crippen molar-refractivity contribution in [3.63, 3.8) is 0 Å². The predicted molar refractivity (Wildman–Crippen MR) is 87.2 cm³/mol. The molecule has 1 aliphatic rings. The number of anilines is 1. The van der Waals surface area contributed by atoms with Crippen LogP contribution in [0.1, 0.15) is 38.3 Å². The first kappa shape index (κ1) is 13.2. The van der Waals surface area contributed by atoms with Crippen molar-refractivity contribution >= 4 is 5.69 Å². The average Bonchev–Trinajstić information content (AvgIpc) is 2.74. The van der Waals surface area contributed by atoms with Crippen LogP contribution in [-0.2, 0) is 6.42 Å². The second kappa shape index (κ2) is 4.97. The number of nitrogens with one attached hydrogen (secondary N) is 1. The van der Waals surface area contributed by atoms with E-state index in [1.807, 2.05) is 0 Å². The quantitative estimate of drug-likeness (QED) is 0.694. The molecular weight excluding hydrogens is 242 g/mol. The van der Waals surface area contributed by atoms with Crippen LogP contribution in [0.5, 0.6) is 0 Å². The molecule has 0 bridgehead atoms. The summed E-state index contributed by atoms with van der Waals surface area (Å²) in [6.07, 6.45) is 2.25. The molecule has 0 aliphatic heterocycles. The lowest BCUT2D eigenvalue weighted by molar-refractivity contribution is 0.390. The molecule has 1 heteroatoms. The van der Waals surface area contributed by atoms with E-state index in [0.29, 0.717) is 5.41 Å². The van der Waals surface area contributed by atoms with Gasteiger partial charge in [0.1, 0.15) is 0 Å². The second-order valence-electron chi connectivity index (χ2n) is 6.94. The minimum Gasteiger partial charge on any atom is -0.385 e. The summed E-state index contributed by atoms with van der Waals surface area (Å²) in [5, 5.41) is 3.56. The van der Waals surface area contributed by atoms with Crippen molar-refractivity contribution in [2.24, 2.45) is 5.41 Å². The van der Waals surface area contributed by atoms with Crippen molar-refractivity contribution in [3.8, 4) is 11.1 Å². The van der Waals surface area contributed by atoms with Gasteiger partial charge in [0.2, 0.25) is 0 Å². The summed E-state index contributed by atoms with van der Waals surface area (Å²) in [7, 11) is 0. The van der Waals surface area contributed by atoms with Gasteiger partial charge in [-0.15, -0.1) is 0 Å². The van der Waals surface area contributed by atoms with Gasteiger partial charge in [-0.1, -0.05) is 51.1 Å². The Labute approximate surface area is 122 Å². The van der Waals surface area contributed by atoms with E-state index in [1.54, 1.807) is 0 Å². The lowest BCUT2D eigenvalue weighted by Crippen LogP contribution is -2.12. The Hall–Kier alpha value is -1.76. The zero-order chi connectivity index (χ0) is 14.2. The van der Waals surface area contributed by atoms with Crippen LogP contribution in [0.2, 0.25) is 0 Å². The number of benzene rings is 2. The van der Waals surface area contributed by atoms with E-state index in [0.717, 1.165) is 13.0 Å². The zero-order valence-corrected chi connectivity index (χ0v) is 12.7. The Morgan fingerprint density at radius 1 is 0.950 bits per heavy atom. The van der Waals surface area contributed by atoms with Crippen LogP contribution in [0.25, 0.3) is 11.1 Å². The number of rotatable bonds is 3. The molecule has 2 aromatic rings. The highest BCUT2D eigenvalue weighted by molar-refractivity contribution is 5.78. The fourth-order valence-corrected chi connectivity index (χ4v) is 2.84. The molecule has 0 unspecified atom stereocenters. The van der Waals surface area contributed by atoms with Crippen LogP contribution in [0, 0.1) is 5.41 Å². The van der Waals surface area contributed by atoms with Crippen molar-refractivity contribution in [1.29, 1.82) is 0 Å². The molecule has 1 aliphatic carbocycles. The van der Waals surface area contributed by atoms with E-state index in [1.165, 1.54) is 34.4 Å². The lowest BCUT2D eigenvalue weighted by Gasteiger charge is -2.18. The molecular formula is C19H23N. The second-order valence-corrected chi connectivity index (χ2v) is 6.94. The summed E-state index contributed by atoms with van der Waals surface area (Å²) in [6.45, 7) is 7.89. The predicted octanol–water partition coefficient (Wildman–Crippen LogP) is 5.11. The molecule has 0 fully saturated rings. The van der Waals surface area contributed by atoms with E-state index < -0.39 is 0 Å². The first-order chi connectivity index (χ1) is 9.53. The van der Waals surface area contributed by atoms with Crippen molar-refractivity contribution < 1.29 is 0 Å². The molecule has 0 spiro atoms. The van der Waals surface area contributed by atoms with Gasteiger partial charge < -0.3 is 5.32 Å². The summed E-state index contributed by atoms with van der Waals surface area (Å²) in [5.41, 5.74) is 7.35. The molecule has 0 amide bonds. The Balaban J connectivity index is 1.74. The molecule has 1 N–H and O–H groups in total. The summed E-state index contributed by atoms with van der Waals surface area (Å²) in [4.78, 5) is 0. The SMILES string of the molecule is CC(C)(C)CCNc1ccc2c(c1)Cc1ccccc1-2. The fourth-order valence-electron chi connectivity index (χ4n) is 2.84. The van der Waals surface area contributed by atoms with Gasteiger partial charge in [-0.3, -0.25) is 0 Å². The van der Waals surface area contributed by atoms with Gasteiger partial charge in [-0.05, 0) is 52.6 Å². The molecule has 0 heterocycles. The minimum absolute atomic E-state index is 0.389. The van der Waals surface area contributed by atoms with Crippen molar-refractivity contribution in [2.45, 2.75) is 33.6 Å². The Bertz CT molecular complexity index is 620. The summed E-state index contributed by atoms with van der Waals surface area (Å²) >= 11 is 0. The third kappa shape index (κ3) is 2.72. The van der Waals surface area contributed by atoms with E-state index in [2.05, 4.69) is 68.6 Å². The maximum absolute atomic E-state index is 3.56. The maximum Gasteiger partial charge on any atom is 0.0343 e. The molecule has 3 rings (SSSR count). The Morgan fingerprint density at radius 3 is 2.50 bits per heavy atom. The molecule has 0 aromatic heterocycles. The maximum atomic E-state index is 3.56. The van der Waals surface area contributed by atoms with Crippen molar-refractivity contribution in [1.82, 2.24) is 0 Å². The van der Waals surface area contributed by atoms with Gasteiger partial charge in [0, 0.05) is 12.2 Å². The van der Waals surface area contributed by atoms with Crippen LogP contribution in [0.4, 0.5) is 5.69 Å². The van der Waals surface area contributed by atoms with Gasteiger partial charge in [-0.2, -0.15) is 0 Å². The third-order valence-electron chi connectivity index (χ3n) is 4.00. The van der Waals surface area contributed by atoms with Crippen LogP contribution >= 0.6 is 0 Å².